The molecule has 2 fully saturated rings. The summed E-state index contributed by atoms with van der Waals surface area (Å²) in [5, 5.41) is 4.69. The molecule has 1 atom stereocenters. The maximum absolute atomic E-state index is 11.2. The summed E-state index contributed by atoms with van der Waals surface area (Å²) in [4.78, 5) is 11.2. The van der Waals surface area contributed by atoms with Gasteiger partial charge < -0.3 is 4.74 Å². The van der Waals surface area contributed by atoms with E-state index in [-0.39, 0.29) is 0 Å². The fourth-order valence-corrected chi connectivity index (χ4v) is 3.11. The molecule has 1 unspecified atom stereocenters. The summed E-state index contributed by atoms with van der Waals surface area (Å²) in [6.45, 7) is 1.50. The molecule has 1 aliphatic heterocycles. The Morgan fingerprint density at radius 3 is 2.78 bits per heavy atom. The smallest absolute Gasteiger partial charge is 0.153 e. The molecule has 2 heterocycles. The van der Waals surface area contributed by atoms with E-state index in [0.29, 0.717) is 18.6 Å². The molecule has 4 nitrogen and oxygen atoms in total. The van der Waals surface area contributed by atoms with E-state index in [2.05, 4.69) is 0 Å². The van der Waals surface area contributed by atoms with Crippen LogP contribution in [0.15, 0.2) is 6.20 Å². The predicted molar refractivity (Wildman–Crippen MR) is 67.9 cm³/mol. The van der Waals surface area contributed by atoms with Crippen LogP contribution in [-0.2, 0) is 4.74 Å². The maximum Gasteiger partial charge on any atom is 0.153 e. The van der Waals surface area contributed by atoms with E-state index in [1.54, 1.807) is 0 Å². The van der Waals surface area contributed by atoms with Crippen LogP contribution in [-0.4, -0.2) is 29.3 Å². The molecule has 1 saturated heterocycles. The van der Waals surface area contributed by atoms with Crippen LogP contribution >= 0.6 is 0 Å². The van der Waals surface area contributed by atoms with Crippen molar-refractivity contribution in [2.75, 3.05) is 13.2 Å². The standard InChI is InChI=1S/C14H20N2O2/c17-9-12-8-16(13-4-2-1-3-5-13)15-14(12)11-6-7-18-10-11/h8-9,11,13H,1-7,10H2. The normalized spacial score (nSPS) is 25.4. The first-order valence-corrected chi connectivity index (χ1v) is 7.00. The molecule has 1 saturated carbocycles. The molecule has 0 amide bonds. The third-order valence-corrected chi connectivity index (χ3v) is 4.18. The highest BCUT2D eigenvalue weighted by Crippen LogP contribution is 2.31. The molecule has 0 aromatic carbocycles. The minimum Gasteiger partial charge on any atom is -0.381 e. The highest BCUT2D eigenvalue weighted by Gasteiger charge is 2.25. The molecular formula is C14H20N2O2. The van der Waals surface area contributed by atoms with Gasteiger partial charge in [-0.1, -0.05) is 19.3 Å². The van der Waals surface area contributed by atoms with Crippen molar-refractivity contribution in [3.8, 4) is 0 Å². The summed E-state index contributed by atoms with van der Waals surface area (Å²) in [6.07, 6.45) is 10.2. The number of aldehydes is 1. The van der Waals surface area contributed by atoms with Crippen LogP contribution in [0.4, 0.5) is 0 Å². The summed E-state index contributed by atoms with van der Waals surface area (Å²) in [5.41, 5.74) is 1.71. The van der Waals surface area contributed by atoms with Gasteiger partial charge in [0.2, 0.25) is 0 Å². The summed E-state index contributed by atoms with van der Waals surface area (Å²) < 4.78 is 7.44. The number of carbonyl (C=O) groups excluding carboxylic acids is 1. The zero-order valence-corrected chi connectivity index (χ0v) is 10.7. The van der Waals surface area contributed by atoms with Crippen LogP contribution in [0.1, 0.15) is 66.5 Å². The van der Waals surface area contributed by atoms with Crippen molar-refractivity contribution < 1.29 is 9.53 Å². The third kappa shape index (κ3) is 2.21. The molecule has 18 heavy (non-hydrogen) atoms. The zero-order valence-electron chi connectivity index (χ0n) is 10.7. The summed E-state index contributed by atoms with van der Waals surface area (Å²) in [5.74, 6) is 0.315. The SMILES string of the molecule is O=Cc1cn(C2CCCCC2)nc1C1CCOC1. The second-order valence-electron chi connectivity index (χ2n) is 5.42. The molecule has 2 aliphatic rings. The van der Waals surface area contributed by atoms with E-state index in [0.717, 1.165) is 30.6 Å². The van der Waals surface area contributed by atoms with Crippen LogP contribution < -0.4 is 0 Å². The van der Waals surface area contributed by atoms with Crippen molar-refractivity contribution in [3.63, 3.8) is 0 Å². The number of aromatic nitrogens is 2. The van der Waals surface area contributed by atoms with Gasteiger partial charge in [0.05, 0.1) is 23.9 Å². The van der Waals surface area contributed by atoms with Crippen molar-refractivity contribution >= 4 is 6.29 Å². The monoisotopic (exact) mass is 248 g/mol. The minimum absolute atomic E-state index is 0.315. The van der Waals surface area contributed by atoms with Gasteiger partial charge in [-0.15, -0.1) is 0 Å². The third-order valence-electron chi connectivity index (χ3n) is 4.18. The maximum atomic E-state index is 11.2. The molecule has 3 rings (SSSR count). The Kier molecular flexibility index (Phi) is 3.46. The van der Waals surface area contributed by atoms with Gasteiger partial charge in [-0.2, -0.15) is 5.10 Å². The van der Waals surface area contributed by atoms with Gasteiger partial charge in [0.15, 0.2) is 6.29 Å². The molecule has 1 aromatic rings. The Morgan fingerprint density at radius 1 is 1.28 bits per heavy atom. The quantitative estimate of drug-likeness (QED) is 0.772. The van der Waals surface area contributed by atoms with E-state index < -0.39 is 0 Å². The van der Waals surface area contributed by atoms with E-state index >= 15 is 0 Å². The largest absolute Gasteiger partial charge is 0.381 e. The minimum atomic E-state index is 0.315. The molecule has 0 N–H and O–H groups in total. The van der Waals surface area contributed by atoms with Crippen molar-refractivity contribution in [2.24, 2.45) is 0 Å². The molecule has 98 valence electrons. The van der Waals surface area contributed by atoms with E-state index in [1.807, 2.05) is 10.9 Å². The van der Waals surface area contributed by atoms with Gasteiger partial charge in [0.1, 0.15) is 0 Å². The topological polar surface area (TPSA) is 44.1 Å². The lowest BCUT2D eigenvalue weighted by atomic mass is 9.96. The van der Waals surface area contributed by atoms with Gasteiger partial charge in [0.25, 0.3) is 0 Å². The van der Waals surface area contributed by atoms with Crippen molar-refractivity contribution in [1.29, 1.82) is 0 Å². The highest BCUT2D eigenvalue weighted by atomic mass is 16.5. The Balaban J connectivity index is 1.84. The number of nitrogens with zero attached hydrogens (tertiary/aromatic N) is 2. The molecule has 0 radical (unpaired) electrons. The Hall–Kier alpha value is -1.16. The highest BCUT2D eigenvalue weighted by molar-refractivity contribution is 5.76. The summed E-state index contributed by atoms with van der Waals surface area (Å²) in [6, 6.07) is 0.494. The van der Waals surface area contributed by atoms with Gasteiger partial charge in [0, 0.05) is 18.7 Å². The van der Waals surface area contributed by atoms with Crippen LogP contribution in [0.2, 0.25) is 0 Å². The molecule has 1 aromatic heterocycles. The molecule has 0 bridgehead atoms. The lowest BCUT2D eigenvalue weighted by Crippen LogP contribution is -2.14. The molecule has 4 heteroatoms. The molecular weight excluding hydrogens is 228 g/mol. The Morgan fingerprint density at radius 2 is 2.11 bits per heavy atom. The summed E-state index contributed by atoms with van der Waals surface area (Å²) >= 11 is 0. The zero-order chi connectivity index (χ0) is 12.4. The lowest BCUT2D eigenvalue weighted by molar-refractivity contribution is 0.112. The van der Waals surface area contributed by atoms with E-state index in [4.69, 9.17) is 9.84 Å². The van der Waals surface area contributed by atoms with Crippen LogP contribution in [0.5, 0.6) is 0 Å². The first-order chi connectivity index (χ1) is 8.88. The first-order valence-electron chi connectivity index (χ1n) is 7.00. The molecule has 1 aliphatic carbocycles. The first kappa shape index (κ1) is 11.9. The van der Waals surface area contributed by atoms with Gasteiger partial charge in [-0.25, -0.2) is 0 Å². The van der Waals surface area contributed by atoms with Crippen molar-refractivity contribution in [3.05, 3.63) is 17.5 Å². The number of hydrogen-bond acceptors (Lipinski definition) is 3. The van der Waals surface area contributed by atoms with E-state index in [9.17, 15) is 4.79 Å². The van der Waals surface area contributed by atoms with Gasteiger partial charge in [-0.05, 0) is 19.3 Å². The summed E-state index contributed by atoms with van der Waals surface area (Å²) in [7, 11) is 0. The number of hydrogen-bond donors (Lipinski definition) is 0. The lowest BCUT2D eigenvalue weighted by Gasteiger charge is -2.21. The fourth-order valence-electron chi connectivity index (χ4n) is 3.11. The van der Waals surface area contributed by atoms with E-state index in [1.165, 1.54) is 32.1 Å². The molecule has 0 spiro atoms. The Labute approximate surface area is 107 Å². The average molecular weight is 248 g/mol. The fraction of sp³-hybridized carbons (Fsp3) is 0.714. The Bertz CT molecular complexity index is 415. The van der Waals surface area contributed by atoms with Crippen LogP contribution in [0.3, 0.4) is 0 Å². The number of carbonyl (C=O) groups is 1. The van der Waals surface area contributed by atoms with Crippen molar-refractivity contribution in [2.45, 2.75) is 50.5 Å². The van der Waals surface area contributed by atoms with Crippen LogP contribution in [0, 0.1) is 0 Å². The number of ether oxygens (including phenoxy) is 1. The van der Waals surface area contributed by atoms with Gasteiger partial charge >= 0.3 is 0 Å². The van der Waals surface area contributed by atoms with Crippen LogP contribution in [0.25, 0.3) is 0 Å². The average Bonchev–Trinajstić information content (AvgIpc) is 3.08. The van der Waals surface area contributed by atoms with Crippen molar-refractivity contribution in [1.82, 2.24) is 9.78 Å². The second kappa shape index (κ2) is 5.22. The number of rotatable bonds is 3. The second-order valence-corrected chi connectivity index (χ2v) is 5.42. The predicted octanol–water partition coefficient (Wildman–Crippen LogP) is 2.70. The van der Waals surface area contributed by atoms with Gasteiger partial charge in [-0.3, -0.25) is 9.48 Å².